The predicted molar refractivity (Wildman–Crippen MR) is 70.4 cm³/mol. The third-order valence-electron chi connectivity index (χ3n) is 1.71. The molecule has 2 rings (SSSR count). The fourth-order valence-corrected chi connectivity index (χ4v) is 1.79. The molecule has 0 saturated carbocycles. The third kappa shape index (κ3) is 3.14. The van der Waals surface area contributed by atoms with Crippen LogP contribution in [0.1, 0.15) is 13.8 Å². The van der Waals surface area contributed by atoms with E-state index in [1.807, 2.05) is 13.8 Å². The van der Waals surface area contributed by atoms with Crippen LogP contribution in [0.4, 0.5) is 10.9 Å². The van der Waals surface area contributed by atoms with E-state index >= 15 is 0 Å². The maximum Gasteiger partial charge on any atom is 0.277 e. The van der Waals surface area contributed by atoms with E-state index in [0.717, 1.165) is 11.3 Å². The summed E-state index contributed by atoms with van der Waals surface area (Å²) < 4.78 is 1.17. The fourth-order valence-electron chi connectivity index (χ4n) is 1.12. The molecule has 7 nitrogen and oxygen atoms in total. The van der Waals surface area contributed by atoms with Crippen LogP contribution < -0.4 is 22.3 Å². The zero-order valence-corrected chi connectivity index (χ0v) is 10.6. The van der Waals surface area contributed by atoms with Crippen molar-refractivity contribution in [1.29, 1.82) is 0 Å². The quantitative estimate of drug-likeness (QED) is 0.719. The molecule has 0 radical (unpaired) electrons. The highest BCUT2D eigenvalue weighted by molar-refractivity contribution is 7.20. The Morgan fingerprint density at radius 1 is 1.53 bits per heavy atom. The minimum Gasteiger partial charge on any atom is -0.374 e. The number of hydrogen-bond donors (Lipinski definition) is 3. The van der Waals surface area contributed by atoms with Crippen LogP contribution in [0.3, 0.4) is 0 Å². The van der Waals surface area contributed by atoms with Gasteiger partial charge in [-0.05, 0) is 0 Å². The van der Waals surface area contributed by atoms with Crippen LogP contribution in [0.2, 0.25) is 0 Å². The largest absolute Gasteiger partial charge is 0.374 e. The van der Waals surface area contributed by atoms with Crippen molar-refractivity contribution in [2.24, 2.45) is 5.73 Å². The predicted octanol–water partition coefficient (Wildman–Crippen LogP) is 0.130. The molecule has 8 heteroatoms. The summed E-state index contributed by atoms with van der Waals surface area (Å²) in [7, 11) is 0. The van der Waals surface area contributed by atoms with Crippen molar-refractivity contribution < 1.29 is 0 Å². The lowest BCUT2D eigenvalue weighted by atomic mass is 10.5. The molecule has 0 spiro atoms. The second-order valence-electron chi connectivity index (χ2n) is 2.83. The van der Waals surface area contributed by atoms with Crippen LogP contribution >= 0.6 is 11.3 Å². The van der Waals surface area contributed by atoms with Gasteiger partial charge >= 0.3 is 0 Å². The van der Waals surface area contributed by atoms with Gasteiger partial charge in [-0.3, -0.25) is 4.79 Å². The van der Waals surface area contributed by atoms with E-state index in [1.54, 1.807) is 0 Å². The normalized spacial score (nSPS) is 9.82. The van der Waals surface area contributed by atoms with Gasteiger partial charge in [-0.25, -0.2) is 4.98 Å². The summed E-state index contributed by atoms with van der Waals surface area (Å²) in [6.07, 6.45) is 0. The number of rotatable bonds is 3. The maximum absolute atomic E-state index is 11.5. The van der Waals surface area contributed by atoms with Crippen LogP contribution in [0.5, 0.6) is 0 Å². The van der Waals surface area contributed by atoms with Crippen LogP contribution in [0, 0.1) is 0 Å². The van der Waals surface area contributed by atoms with Gasteiger partial charge in [-0.15, -0.1) is 5.10 Å². The smallest absolute Gasteiger partial charge is 0.277 e. The monoisotopic (exact) mass is 256 g/mol. The molecule has 0 atom stereocenters. The van der Waals surface area contributed by atoms with Crippen molar-refractivity contribution in [2.45, 2.75) is 13.8 Å². The molecule has 0 unspecified atom stereocenters. The van der Waals surface area contributed by atoms with Crippen molar-refractivity contribution in [3.8, 4) is 0 Å². The fraction of sp³-hybridized carbons (Fsp3) is 0.444. The van der Waals surface area contributed by atoms with E-state index in [9.17, 15) is 4.79 Å². The number of fused-ring (bicyclic) bond motifs is 1. The van der Waals surface area contributed by atoms with Gasteiger partial charge in [0.1, 0.15) is 5.82 Å². The van der Waals surface area contributed by atoms with Gasteiger partial charge in [0.2, 0.25) is 10.1 Å². The SMILES string of the molecule is CC.NCCNc1cc(=O)n2nc(N)sc2n1. The van der Waals surface area contributed by atoms with E-state index in [1.165, 1.54) is 10.6 Å². The summed E-state index contributed by atoms with van der Waals surface area (Å²) in [5.41, 5.74) is 10.5. The minimum atomic E-state index is -0.257. The van der Waals surface area contributed by atoms with E-state index in [2.05, 4.69) is 15.4 Å². The highest BCUT2D eigenvalue weighted by atomic mass is 32.1. The second kappa shape index (κ2) is 6.16. The van der Waals surface area contributed by atoms with Gasteiger partial charge in [0.15, 0.2) is 0 Å². The van der Waals surface area contributed by atoms with Gasteiger partial charge in [0.25, 0.3) is 5.56 Å². The first kappa shape index (κ1) is 13.4. The first-order valence-corrected chi connectivity index (χ1v) is 6.12. The van der Waals surface area contributed by atoms with Crippen LogP contribution in [-0.4, -0.2) is 27.7 Å². The van der Waals surface area contributed by atoms with Crippen LogP contribution in [-0.2, 0) is 0 Å². The number of nitrogen functional groups attached to an aromatic ring is 1. The number of aromatic nitrogens is 3. The number of hydrogen-bond acceptors (Lipinski definition) is 7. The summed E-state index contributed by atoms with van der Waals surface area (Å²) in [5.74, 6) is 0.495. The first-order valence-electron chi connectivity index (χ1n) is 5.31. The molecular formula is C9H16N6OS. The van der Waals surface area contributed by atoms with Crippen LogP contribution in [0.15, 0.2) is 10.9 Å². The molecule has 0 aromatic carbocycles. The zero-order valence-electron chi connectivity index (χ0n) is 9.80. The molecule has 17 heavy (non-hydrogen) atoms. The highest BCUT2D eigenvalue weighted by Crippen LogP contribution is 2.13. The molecule has 2 aromatic heterocycles. The maximum atomic E-state index is 11.5. The molecule has 0 bridgehead atoms. The molecule has 0 saturated heterocycles. The number of nitrogens with zero attached hydrogens (tertiary/aromatic N) is 3. The van der Waals surface area contributed by atoms with Gasteiger partial charge in [-0.2, -0.15) is 4.52 Å². The molecular weight excluding hydrogens is 240 g/mol. The van der Waals surface area contributed by atoms with Crippen molar-refractivity contribution in [3.63, 3.8) is 0 Å². The Kier molecular flexibility index (Phi) is 4.85. The number of anilines is 2. The summed E-state index contributed by atoms with van der Waals surface area (Å²) in [6, 6.07) is 1.36. The van der Waals surface area contributed by atoms with Gasteiger partial charge < -0.3 is 16.8 Å². The minimum absolute atomic E-state index is 0.257. The van der Waals surface area contributed by atoms with E-state index < -0.39 is 0 Å². The zero-order chi connectivity index (χ0) is 12.8. The van der Waals surface area contributed by atoms with Crippen molar-refractivity contribution >= 4 is 27.2 Å². The Morgan fingerprint density at radius 3 is 2.88 bits per heavy atom. The molecule has 2 aromatic rings. The topological polar surface area (TPSA) is 111 Å². The molecule has 94 valence electrons. The summed E-state index contributed by atoms with van der Waals surface area (Å²) in [5, 5.41) is 7.06. The molecule has 0 amide bonds. The first-order chi connectivity index (χ1) is 8.20. The lowest BCUT2D eigenvalue weighted by molar-refractivity contribution is 0.901. The second-order valence-corrected chi connectivity index (χ2v) is 3.82. The van der Waals surface area contributed by atoms with Crippen molar-refractivity contribution in [1.82, 2.24) is 14.6 Å². The average Bonchev–Trinajstić information content (AvgIpc) is 2.70. The highest BCUT2D eigenvalue weighted by Gasteiger charge is 2.06. The molecule has 5 N–H and O–H groups in total. The van der Waals surface area contributed by atoms with Crippen molar-refractivity contribution in [2.75, 3.05) is 24.1 Å². The van der Waals surface area contributed by atoms with E-state index in [-0.39, 0.29) is 5.56 Å². The Balaban J connectivity index is 0.000000686. The summed E-state index contributed by atoms with van der Waals surface area (Å²) in [6.45, 7) is 5.04. The number of nitrogens with one attached hydrogen (secondary N) is 1. The standard InChI is InChI=1S/C7H10N6OS.C2H6/c8-1-2-10-4-3-5(14)13-7(11-4)15-6(9)12-13;1-2/h3,10H,1-2,8H2,(H2,9,12);1-2H3. The molecule has 2 heterocycles. The molecule has 0 aliphatic heterocycles. The number of nitrogens with two attached hydrogens (primary N) is 2. The lowest BCUT2D eigenvalue weighted by Crippen LogP contribution is -2.18. The summed E-state index contributed by atoms with van der Waals surface area (Å²) in [4.78, 5) is 16.2. The van der Waals surface area contributed by atoms with Gasteiger partial charge in [0, 0.05) is 19.2 Å². The van der Waals surface area contributed by atoms with Gasteiger partial charge in [-0.1, -0.05) is 25.2 Å². The summed E-state index contributed by atoms with van der Waals surface area (Å²) >= 11 is 1.16. The third-order valence-corrected chi connectivity index (χ3v) is 2.45. The Morgan fingerprint density at radius 2 is 2.24 bits per heavy atom. The Labute approximate surface area is 102 Å². The van der Waals surface area contributed by atoms with E-state index in [0.29, 0.717) is 29.0 Å². The lowest BCUT2D eigenvalue weighted by Gasteiger charge is -2.01. The molecule has 0 fully saturated rings. The molecule has 0 aliphatic carbocycles. The molecule has 0 aliphatic rings. The van der Waals surface area contributed by atoms with Gasteiger partial charge in [0.05, 0.1) is 0 Å². The van der Waals surface area contributed by atoms with E-state index in [4.69, 9.17) is 11.5 Å². The van der Waals surface area contributed by atoms with Crippen molar-refractivity contribution in [3.05, 3.63) is 16.4 Å². The Bertz CT molecular complexity index is 534. The van der Waals surface area contributed by atoms with Crippen LogP contribution in [0.25, 0.3) is 4.96 Å². The average molecular weight is 256 g/mol. The Hall–Kier alpha value is -1.67.